The maximum atomic E-state index is 12.5. The number of pyridine rings is 1. The predicted octanol–water partition coefficient (Wildman–Crippen LogP) is 1.15. The summed E-state index contributed by atoms with van der Waals surface area (Å²) >= 11 is 0. The van der Waals surface area contributed by atoms with Gasteiger partial charge in [-0.15, -0.1) is 0 Å². The van der Waals surface area contributed by atoms with Crippen LogP contribution in [-0.2, 0) is 9.84 Å². The molecule has 0 spiro atoms. The second-order valence-corrected chi connectivity index (χ2v) is 7.88. The molecule has 132 valence electrons. The maximum absolute atomic E-state index is 12.5. The second-order valence-electron chi connectivity index (χ2n) is 5.89. The van der Waals surface area contributed by atoms with Gasteiger partial charge in [-0.1, -0.05) is 12.1 Å². The molecule has 1 aliphatic rings. The number of carbonyl (C=O) groups is 1. The molecule has 0 atom stereocenters. The van der Waals surface area contributed by atoms with Crippen molar-refractivity contribution >= 4 is 21.6 Å². The number of hydrogen-bond donors (Lipinski definition) is 1. The minimum Gasteiger partial charge on any atom is -0.507 e. The number of hydrogen-bond acceptors (Lipinski definition) is 6. The van der Waals surface area contributed by atoms with E-state index in [4.69, 9.17) is 0 Å². The Hall–Kier alpha value is -2.61. The lowest BCUT2D eigenvalue weighted by Crippen LogP contribution is -2.49. The van der Waals surface area contributed by atoms with Crippen LogP contribution in [0.15, 0.2) is 47.5 Å². The largest absolute Gasteiger partial charge is 0.507 e. The molecular formula is C17H19N3O4S. The van der Waals surface area contributed by atoms with Crippen LogP contribution < -0.4 is 4.90 Å². The van der Waals surface area contributed by atoms with Gasteiger partial charge in [-0.25, -0.2) is 13.4 Å². The lowest BCUT2D eigenvalue weighted by Gasteiger charge is -2.36. The number of amides is 1. The number of rotatable bonds is 3. The van der Waals surface area contributed by atoms with Gasteiger partial charge in [0.1, 0.15) is 16.5 Å². The third kappa shape index (κ3) is 3.58. The fraction of sp³-hybridized carbons (Fsp3) is 0.294. The number of anilines is 1. The van der Waals surface area contributed by atoms with Crippen molar-refractivity contribution in [3.05, 3.63) is 48.2 Å². The molecule has 1 amide bonds. The number of aromatic nitrogens is 1. The van der Waals surface area contributed by atoms with E-state index in [9.17, 15) is 18.3 Å². The molecule has 7 nitrogen and oxygen atoms in total. The molecule has 0 aliphatic carbocycles. The van der Waals surface area contributed by atoms with Crippen LogP contribution in [0.2, 0.25) is 0 Å². The number of phenols is 1. The summed E-state index contributed by atoms with van der Waals surface area (Å²) in [6.07, 6.45) is 2.72. The highest BCUT2D eigenvalue weighted by Crippen LogP contribution is 2.24. The summed E-state index contributed by atoms with van der Waals surface area (Å²) < 4.78 is 23.9. The molecule has 0 radical (unpaired) electrons. The van der Waals surface area contributed by atoms with Crippen LogP contribution in [0.25, 0.3) is 0 Å². The summed E-state index contributed by atoms with van der Waals surface area (Å²) in [4.78, 5) is 20.4. The van der Waals surface area contributed by atoms with E-state index in [1.54, 1.807) is 35.4 Å². The molecule has 0 bridgehead atoms. The normalized spacial score (nSPS) is 15.2. The monoisotopic (exact) mass is 361 g/mol. The van der Waals surface area contributed by atoms with E-state index in [2.05, 4.69) is 4.98 Å². The smallest absolute Gasteiger partial charge is 0.257 e. The van der Waals surface area contributed by atoms with Gasteiger partial charge < -0.3 is 14.9 Å². The zero-order valence-corrected chi connectivity index (χ0v) is 14.6. The van der Waals surface area contributed by atoms with Crippen molar-refractivity contribution in [2.24, 2.45) is 0 Å². The minimum atomic E-state index is -3.38. The molecule has 1 aromatic carbocycles. The second kappa shape index (κ2) is 6.72. The van der Waals surface area contributed by atoms with E-state index in [-0.39, 0.29) is 22.1 Å². The molecule has 1 saturated heterocycles. The standard InChI is InChI=1S/C17H19N3O4S/c1-25(23,24)15-7-4-8-18-16(15)19-9-11-20(12-10-19)17(22)13-5-2-3-6-14(13)21/h2-8,21H,9-12H2,1H3. The Morgan fingerprint density at radius 3 is 2.40 bits per heavy atom. The first-order valence-corrected chi connectivity index (χ1v) is 9.74. The number of benzene rings is 1. The van der Waals surface area contributed by atoms with Crippen molar-refractivity contribution < 1.29 is 18.3 Å². The van der Waals surface area contributed by atoms with Crippen LogP contribution in [0.1, 0.15) is 10.4 Å². The van der Waals surface area contributed by atoms with Crippen molar-refractivity contribution in [3.8, 4) is 5.75 Å². The minimum absolute atomic E-state index is 0.0426. The first kappa shape index (κ1) is 17.2. The number of aromatic hydroxyl groups is 1. The molecule has 3 rings (SSSR count). The molecule has 0 saturated carbocycles. The third-order valence-electron chi connectivity index (χ3n) is 4.15. The van der Waals surface area contributed by atoms with Gasteiger partial charge >= 0.3 is 0 Å². The Balaban J connectivity index is 1.75. The molecule has 8 heteroatoms. The molecule has 25 heavy (non-hydrogen) atoms. The number of sulfone groups is 1. The number of carbonyl (C=O) groups excluding carboxylic acids is 1. The molecule has 1 aliphatic heterocycles. The number of phenolic OH excluding ortho intramolecular Hbond substituents is 1. The van der Waals surface area contributed by atoms with Gasteiger partial charge in [0, 0.05) is 38.6 Å². The highest BCUT2D eigenvalue weighted by atomic mass is 32.2. The summed E-state index contributed by atoms with van der Waals surface area (Å²) in [5.74, 6) is 0.140. The van der Waals surface area contributed by atoms with Gasteiger partial charge in [-0.05, 0) is 24.3 Å². The first-order chi connectivity index (χ1) is 11.9. The van der Waals surface area contributed by atoms with E-state index in [1.165, 1.54) is 12.1 Å². The van der Waals surface area contributed by atoms with E-state index >= 15 is 0 Å². The van der Waals surface area contributed by atoms with Crippen LogP contribution in [0.5, 0.6) is 5.75 Å². The zero-order valence-electron chi connectivity index (χ0n) is 13.8. The van der Waals surface area contributed by atoms with Crippen LogP contribution in [0.3, 0.4) is 0 Å². The topological polar surface area (TPSA) is 90.8 Å². The summed E-state index contributed by atoms with van der Waals surface area (Å²) in [6, 6.07) is 9.57. The lowest BCUT2D eigenvalue weighted by atomic mass is 10.1. The Bertz CT molecular complexity index is 890. The molecule has 2 heterocycles. The third-order valence-corrected chi connectivity index (χ3v) is 5.27. The van der Waals surface area contributed by atoms with E-state index in [1.807, 2.05) is 4.90 Å². The first-order valence-electron chi connectivity index (χ1n) is 7.85. The average Bonchev–Trinajstić information content (AvgIpc) is 2.61. The van der Waals surface area contributed by atoms with Gasteiger partial charge in [-0.2, -0.15) is 0 Å². The van der Waals surface area contributed by atoms with Crippen molar-refractivity contribution in [1.82, 2.24) is 9.88 Å². The summed E-state index contributed by atoms with van der Waals surface area (Å²) in [5.41, 5.74) is 0.269. The number of nitrogens with zero attached hydrogens (tertiary/aromatic N) is 3. The van der Waals surface area contributed by atoms with Crippen LogP contribution in [0, 0.1) is 0 Å². The SMILES string of the molecule is CS(=O)(=O)c1cccnc1N1CCN(C(=O)c2ccccc2O)CC1. The number of para-hydroxylation sites is 1. The quantitative estimate of drug-likeness (QED) is 0.882. The lowest BCUT2D eigenvalue weighted by molar-refractivity contribution is 0.0743. The fourth-order valence-electron chi connectivity index (χ4n) is 2.86. The Morgan fingerprint density at radius 1 is 1.08 bits per heavy atom. The van der Waals surface area contributed by atoms with Gasteiger partial charge in [-0.3, -0.25) is 4.79 Å². The number of piperazine rings is 1. The average molecular weight is 361 g/mol. The molecule has 2 aromatic rings. The van der Waals surface area contributed by atoms with Crippen molar-refractivity contribution in [1.29, 1.82) is 0 Å². The molecule has 0 unspecified atom stereocenters. The van der Waals surface area contributed by atoms with Crippen LogP contribution >= 0.6 is 0 Å². The molecule has 1 aromatic heterocycles. The van der Waals surface area contributed by atoms with Crippen molar-refractivity contribution in [2.75, 3.05) is 37.3 Å². The van der Waals surface area contributed by atoms with E-state index in [0.717, 1.165) is 6.26 Å². The van der Waals surface area contributed by atoms with Gasteiger partial charge in [0.05, 0.1) is 5.56 Å². The zero-order chi connectivity index (χ0) is 18.0. The van der Waals surface area contributed by atoms with Crippen molar-refractivity contribution in [2.45, 2.75) is 4.90 Å². The van der Waals surface area contributed by atoms with E-state index < -0.39 is 9.84 Å². The molecule has 1 fully saturated rings. The Labute approximate surface area is 146 Å². The van der Waals surface area contributed by atoms with Crippen molar-refractivity contribution in [3.63, 3.8) is 0 Å². The Morgan fingerprint density at radius 2 is 1.76 bits per heavy atom. The van der Waals surface area contributed by atoms with Gasteiger partial charge in [0.25, 0.3) is 5.91 Å². The predicted molar refractivity (Wildman–Crippen MR) is 93.6 cm³/mol. The van der Waals surface area contributed by atoms with Crippen LogP contribution in [0.4, 0.5) is 5.82 Å². The fourth-order valence-corrected chi connectivity index (χ4v) is 3.69. The van der Waals surface area contributed by atoms with Gasteiger partial charge in [0.2, 0.25) is 0 Å². The highest BCUT2D eigenvalue weighted by Gasteiger charge is 2.27. The summed E-state index contributed by atoms with van der Waals surface area (Å²) in [7, 11) is -3.38. The van der Waals surface area contributed by atoms with Crippen LogP contribution in [-0.4, -0.2) is 61.8 Å². The van der Waals surface area contributed by atoms with E-state index in [0.29, 0.717) is 32.0 Å². The maximum Gasteiger partial charge on any atom is 0.257 e. The summed E-state index contributed by atoms with van der Waals surface area (Å²) in [6.45, 7) is 1.79. The highest BCUT2D eigenvalue weighted by molar-refractivity contribution is 7.90. The van der Waals surface area contributed by atoms with Gasteiger partial charge in [0.15, 0.2) is 9.84 Å². The molecule has 1 N–H and O–H groups in total. The summed E-state index contributed by atoms with van der Waals surface area (Å²) in [5, 5.41) is 9.83. The molecular weight excluding hydrogens is 342 g/mol. The Kier molecular flexibility index (Phi) is 4.63.